The van der Waals surface area contributed by atoms with Crippen molar-refractivity contribution >= 4 is 17.2 Å². The maximum Gasteiger partial charge on any atom is 0.253 e. The van der Waals surface area contributed by atoms with Crippen LogP contribution in [0, 0.1) is 5.92 Å². The van der Waals surface area contributed by atoms with E-state index in [9.17, 15) is 9.90 Å². The number of carbonyl (C=O) groups excluding carboxylic acids is 1. The van der Waals surface area contributed by atoms with Crippen molar-refractivity contribution in [1.82, 2.24) is 9.88 Å². The molecule has 1 amide bonds. The van der Waals surface area contributed by atoms with Gasteiger partial charge in [0.15, 0.2) is 0 Å². The van der Waals surface area contributed by atoms with Gasteiger partial charge < -0.3 is 10.0 Å². The first-order chi connectivity index (χ1) is 10.1. The molecule has 1 aliphatic heterocycles. The van der Waals surface area contributed by atoms with E-state index in [1.807, 2.05) is 36.6 Å². The SMILES string of the molecule is CC1CCN(C(=O)c2ccc(-c3cscn3)cc2)CC1O. The van der Waals surface area contributed by atoms with E-state index in [1.165, 1.54) is 0 Å². The van der Waals surface area contributed by atoms with Crippen molar-refractivity contribution in [3.8, 4) is 11.3 Å². The van der Waals surface area contributed by atoms with Gasteiger partial charge in [0.25, 0.3) is 5.91 Å². The van der Waals surface area contributed by atoms with Crippen LogP contribution in [0.2, 0.25) is 0 Å². The first-order valence-corrected chi connectivity index (χ1v) is 8.05. The zero-order chi connectivity index (χ0) is 14.8. The smallest absolute Gasteiger partial charge is 0.253 e. The topological polar surface area (TPSA) is 53.4 Å². The maximum atomic E-state index is 12.5. The van der Waals surface area contributed by atoms with Crippen LogP contribution >= 0.6 is 11.3 Å². The number of piperidine rings is 1. The number of amides is 1. The van der Waals surface area contributed by atoms with E-state index in [4.69, 9.17) is 0 Å². The van der Waals surface area contributed by atoms with E-state index in [2.05, 4.69) is 4.98 Å². The van der Waals surface area contributed by atoms with Crippen LogP contribution in [0.5, 0.6) is 0 Å². The molecule has 1 N–H and O–H groups in total. The van der Waals surface area contributed by atoms with Crippen molar-refractivity contribution in [3.05, 3.63) is 40.7 Å². The molecule has 0 bridgehead atoms. The fourth-order valence-electron chi connectivity index (χ4n) is 2.55. The molecule has 2 aromatic rings. The summed E-state index contributed by atoms with van der Waals surface area (Å²) in [7, 11) is 0. The van der Waals surface area contributed by atoms with Crippen LogP contribution in [0.3, 0.4) is 0 Å². The lowest BCUT2D eigenvalue weighted by Gasteiger charge is -2.34. The van der Waals surface area contributed by atoms with Gasteiger partial charge in [-0.05, 0) is 24.5 Å². The third-order valence-electron chi connectivity index (χ3n) is 4.07. The Kier molecular flexibility index (Phi) is 4.03. The molecule has 21 heavy (non-hydrogen) atoms. The second kappa shape index (κ2) is 5.95. The Labute approximate surface area is 128 Å². The van der Waals surface area contributed by atoms with Crippen LogP contribution in [-0.4, -0.2) is 40.1 Å². The van der Waals surface area contributed by atoms with E-state index < -0.39 is 6.10 Å². The molecule has 1 saturated heterocycles. The van der Waals surface area contributed by atoms with Crippen molar-refractivity contribution < 1.29 is 9.90 Å². The van der Waals surface area contributed by atoms with Gasteiger partial charge in [-0.15, -0.1) is 11.3 Å². The number of β-amino-alcohol motifs (C(OH)–C–C–N with tert-alkyl or cyclic N) is 1. The molecule has 110 valence electrons. The lowest BCUT2D eigenvalue weighted by atomic mass is 9.95. The Hall–Kier alpha value is -1.72. The summed E-state index contributed by atoms with van der Waals surface area (Å²) in [6.07, 6.45) is 0.432. The third-order valence-corrected chi connectivity index (χ3v) is 4.65. The number of aromatic nitrogens is 1. The first kappa shape index (κ1) is 14.2. The van der Waals surface area contributed by atoms with E-state index in [-0.39, 0.29) is 11.8 Å². The van der Waals surface area contributed by atoms with Gasteiger partial charge in [0.2, 0.25) is 0 Å². The molecule has 1 aromatic carbocycles. The summed E-state index contributed by atoms with van der Waals surface area (Å²) in [5.41, 5.74) is 4.40. The molecule has 5 heteroatoms. The van der Waals surface area contributed by atoms with Crippen LogP contribution in [0.15, 0.2) is 35.2 Å². The van der Waals surface area contributed by atoms with Crippen LogP contribution in [0.4, 0.5) is 0 Å². The lowest BCUT2D eigenvalue weighted by Crippen LogP contribution is -2.45. The summed E-state index contributed by atoms with van der Waals surface area (Å²) in [5.74, 6) is 0.256. The minimum absolute atomic E-state index is 0.00854. The first-order valence-electron chi connectivity index (χ1n) is 7.11. The number of carbonyl (C=O) groups is 1. The van der Waals surface area contributed by atoms with Crippen molar-refractivity contribution in [2.45, 2.75) is 19.4 Å². The summed E-state index contributed by atoms with van der Waals surface area (Å²) in [5, 5.41) is 11.9. The molecule has 2 heterocycles. The number of rotatable bonds is 2. The van der Waals surface area contributed by atoms with Gasteiger partial charge in [-0.2, -0.15) is 0 Å². The number of nitrogens with zero attached hydrogens (tertiary/aromatic N) is 2. The lowest BCUT2D eigenvalue weighted by molar-refractivity contribution is 0.0248. The molecular formula is C16H18N2O2S. The zero-order valence-corrected chi connectivity index (χ0v) is 12.7. The molecule has 4 nitrogen and oxygen atoms in total. The number of aliphatic hydroxyl groups excluding tert-OH is 1. The minimum Gasteiger partial charge on any atom is -0.391 e. The van der Waals surface area contributed by atoms with Crippen molar-refractivity contribution in [2.75, 3.05) is 13.1 Å². The van der Waals surface area contributed by atoms with E-state index in [1.54, 1.807) is 21.7 Å². The summed E-state index contributed by atoms with van der Waals surface area (Å²) in [6.45, 7) is 3.16. The van der Waals surface area contributed by atoms with Crippen molar-refractivity contribution in [1.29, 1.82) is 0 Å². The summed E-state index contributed by atoms with van der Waals surface area (Å²) in [6, 6.07) is 7.51. The second-order valence-corrected chi connectivity index (χ2v) is 6.25. The maximum absolute atomic E-state index is 12.5. The summed E-state index contributed by atoms with van der Waals surface area (Å²) in [4.78, 5) is 18.4. The Balaban J connectivity index is 1.73. The number of hydrogen-bond donors (Lipinski definition) is 1. The highest BCUT2D eigenvalue weighted by Crippen LogP contribution is 2.22. The van der Waals surface area contributed by atoms with Crippen LogP contribution in [0.25, 0.3) is 11.3 Å². The van der Waals surface area contributed by atoms with Gasteiger partial charge in [0.05, 0.1) is 17.3 Å². The van der Waals surface area contributed by atoms with Gasteiger partial charge in [0.1, 0.15) is 0 Å². The number of thiazole rings is 1. The number of hydrogen-bond acceptors (Lipinski definition) is 4. The molecule has 2 unspecified atom stereocenters. The predicted molar refractivity (Wildman–Crippen MR) is 83.2 cm³/mol. The fourth-order valence-corrected chi connectivity index (χ4v) is 3.12. The average Bonchev–Trinajstić information content (AvgIpc) is 3.04. The molecule has 0 spiro atoms. The highest BCUT2D eigenvalue weighted by Gasteiger charge is 2.27. The standard InChI is InChI=1S/C16H18N2O2S/c1-11-6-7-18(8-15(11)19)16(20)13-4-2-12(3-5-13)14-9-21-10-17-14/h2-5,9-11,15,19H,6-8H2,1H3. The number of aliphatic hydroxyl groups is 1. The fraction of sp³-hybridized carbons (Fsp3) is 0.375. The van der Waals surface area contributed by atoms with Crippen LogP contribution in [0.1, 0.15) is 23.7 Å². The molecule has 3 rings (SSSR count). The molecule has 0 saturated carbocycles. The summed E-state index contributed by atoms with van der Waals surface area (Å²) < 4.78 is 0. The number of likely N-dealkylation sites (tertiary alicyclic amines) is 1. The quantitative estimate of drug-likeness (QED) is 0.928. The average molecular weight is 302 g/mol. The zero-order valence-electron chi connectivity index (χ0n) is 11.9. The Morgan fingerprint density at radius 2 is 2.14 bits per heavy atom. The van der Waals surface area contributed by atoms with E-state index in [0.717, 1.165) is 17.7 Å². The Morgan fingerprint density at radius 1 is 1.38 bits per heavy atom. The highest BCUT2D eigenvalue weighted by molar-refractivity contribution is 7.07. The molecule has 1 aromatic heterocycles. The van der Waals surface area contributed by atoms with Crippen LogP contribution in [-0.2, 0) is 0 Å². The second-order valence-electron chi connectivity index (χ2n) is 5.54. The third kappa shape index (κ3) is 2.99. The predicted octanol–water partition coefficient (Wildman–Crippen LogP) is 2.65. The largest absolute Gasteiger partial charge is 0.391 e. The monoisotopic (exact) mass is 302 g/mol. The van der Waals surface area contributed by atoms with Gasteiger partial charge in [-0.25, -0.2) is 4.98 Å². The highest BCUT2D eigenvalue weighted by atomic mass is 32.1. The Morgan fingerprint density at radius 3 is 2.76 bits per heavy atom. The summed E-state index contributed by atoms with van der Waals surface area (Å²) >= 11 is 1.55. The van der Waals surface area contributed by atoms with Crippen molar-refractivity contribution in [2.24, 2.45) is 5.92 Å². The molecule has 0 radical (unpaired) electrons. The number of benzene rings is 1. The van der Waals surface area contributed by atoms with Gasteiger partial charge in [0, 0.05) is 29.6 Å². The molecule has 2 atom stereocenters. The van der Waals surface area contributed by atoms with Crippen LogP contribution < -0.4 is 0 Å². The van der Waals surface area contributed by atoms with Gasteiger partial charge in [-0.1, -0.05) is 19.1 Å². The van der Waals surface area contributed by atoms with Gasteiger partial charge in [-0.3, -0.25) is 4.79 Å². The molecule has 1 fully saturated rings. The minimum atomic E-state index is -0.419. The Bertz CT molecular complexity index is 610. The molecular weight excluding hydrogens is 284 g/mol. The van der Waals surface area contributed by atoms with E-state index >= 15 is 0 Å². The molecule has 1 aliphatic rings. The normalized spacial score (nSPS) is 22.3. The van der Waals surface area contributed by atoms with Gasteiger partial charge >= 0.3 is 0 Å². The van der Waals surface area contributed by atoms with Crippen molar-refractivity contribution in [3.63, 3.8) is 0 Å². The van der Waals surface area contributed by atoms with E-state index in [0.29, 0.717) is 18.7 Å². The molecule has 0 aliphatic carbocycles.